The van der Waals surface area contributed by atoms with Crippen molar-refractivity contribution in [3.05, 3.63) is 42.5 Å². The summed E-state index contributed by atoms with van der Waals surface area (Å²) in [7, 11) is 0. The Bertz CT molecular complexity index is 594. The molecule has 0 bridgehead atoms. The first-order valence-corrected chi connectivity index (χ1v) is 6.95. The number of carbonyl (C=O) groups excluding carboxylic acids is 1. The van der Waals surface area contributed by atoms with Crippen LogP contribution in [0.1, 0.15) is 12.8 Å². The second kappa shape index (κ2) is 4.75. The predicted molar refractivity (Wildman–Crippen MR) is 73.8 cm³/mol. The molecule has 1 saturated carbocycles. The molecule has 1 aliphatic carbocycles. The fraction of sp³-hybridized carbons (Fsp3) is 0.267. The summed E-state index contributed by atoms with van der Waals surface area (Å²) < 4.78 is 0. The third kappa shape index (κ3) is 2.28. The number of carbonyl (C=O) groups is 1. The van der Waals surface area contributed by atoms with Crippen LogP contribution in [0.4, 0.5) is 0 Å². The standard InChI is InChI=1S/C15H14O2S/c16-12-8-14(17)15(9-12)18-13-6-5-10-3-1-2-4-11(10)7-13/h1-7,14-15,17H,8-9H2/t14-,15+/m1/s1. The van der Waals surface area contributed by atoms with E-state index in [-0.39, 0.29) is 11.0 Å². The fourth-order valence-electron chi connectivity index (χ4n) is 2.34. The van der Waals surface area contributed by atoms with Crippen molar-refractivity contribution >= 4 is 28.3 Å². The van der Waals surface area contributed by atoms with E-state index < -0.39 is 6.10 Å². The number of aliphatic hydroxyl groups is 1. The van der Waals surface area contributed by atoms with Crippen molar-refractivity contribution in [3.63, 3.8) is 0 Å². The Hall–Kier alpha value is -1.32. The van der Waals surface area contributed by atoms with E-state index in [1.165, 1.54) is 10.8 Å². The number of rotatable bonds is 2. The highest BCUT2D eigenvalue weighted by Gasteiger charge is 2.32. The van der Waals surface area contributed by atoms with E-state index in [4.69, 9.17) is 0 Å². The number of fused-ring (bicyclic) bond motifs is 1. The largest absolute Gasteiger partial charge is 0.391 e. The van der Waals surface area contributed by atoms with Crippen molar-refractivity contribution in [1.29, 1.82) is 0 Å². The maximum Gasteiger partial charge on any atom is 0.136 e. The summed E-state index contributed by atoms with van der Waals surface area (Å²) >= 11 is 1.61. The summed E-state index contributed by atoms with van der Waals surface area (Å²) in [6.45, 7) is 0. The number of thioether (sulfide) groups is 1. The van der Waals surface area contributed by atoms with Gasteiger partial charge >= 0.3 is 0 Å². The van der Waals surface area contributed by atoms with Crippen molar-refractivity contribution in [2.75, 3.05) is 0 Å². The van der Waals surface area contributed by atoms with Crippen molar-refractivity contribution in [2.45, 2.75) is 29.1 Å². The molecule has 3 heteroatoms. The number of benzene rings is 2. The van der Waals surface area contributed by atoms with E-state index in [0.717, 1.165) is 4.90 Å². The summed E-state index contributed by atoms with van der Waals surface area (Å²) in [5.41, 5.74) is 0. The molecule has 1 aliphatic rings. The quantitative estimate of drug-likeness (QED) is 0.899. The second-order valence-electron chi connectivity index (χ2n) is 4.68. The zero-order valence-corrected chi connectivity index (χ0v) is 10.7. The molecular formula is C15H14O2S. The zero-order chi connectivity index (χ0) is 12.5. The zero-order valence-electron chi connectivity index (χ0n) is 9.87. The van der Waals surface area contributed by atoms with Gasteiger partial charge in [-0.2, -0.15) is 0 Å². The van der Waals surface area contributed by atoms with E-state index in [9.17, 15) is 9.90 Å². The molecule has 0 saturated heterocycles. The van der Waals surface area contributed by atoms with Gasteiger partial charge in [-0.15, -0.1) is 11.8 Å². The predicted octanol–water partition coefficient (Wildman–Crippen LogP) is 3.02. The van der Waals surface area contributed by atoms with Crippen LogP contribution in [0.2, 0.25) is 0 Å². The molecule has 2 aromatic carbocycles. The van der Waals surface area contributed by atoms with Crippen LogP contribution in [0.25, 0.3) is 10.8 Å². The number of aliphatic hydroxyl groups excluding tert-OH is 1. The first-order chi connectivity index (χ1) is 8.72. The van der Waals surface area contributed by atoms with Gasteiger partial charge in [0.15, 0.2) is 0 Å². The Morgan fingerprint density at radius 1 is 1.06 bits per heavy atom. The molecule has 0 unspecified atom stereocenters. The number of hydrogen-bond donors (Lipinski definition) is 1. The molecule has 0 spiro atoms. The Kier molecular flexibility index (Phi) is 3.10. The normalized spacial score (nSPS) is 23.7. The molecular weight excluding hydrogens is 244 g/mol. The minimum Gasteiger partial charge on any atom is -0.391 e. The van der Waals surface area contributed by atoms with Gasteiger partial charge < -0.3 is 5.11 Å². The second-order valence-corrected chi connectivity index (χ2v) is 5.99. The summed E-state index contributed by atoms with van der Waals surface area (Å²) in [6.07, 6.45) is 0.304. The molecule has 18 heavy (non-hydrogen) atoms. The molecule has 1 N–H and O–H groups in total. The third-order valence-corrected chi connectivity index (χ3v) is 4.61. The van der Waals surface area contributed by atoms with E-state index in [2.05, 4.69) is 30.3 Å². The first-order valence-electron chi connectivity index (χ1n) is 6.07. The molecule has 0 radical (unpaired) electrons. The van der Waals surface area contributed by atoms with Crippen LogP contribution in [-0.2, 0) is 4.79 Å². The smallest absolute Gasteiger partial charge is 0.136 e. The lowest BCUT2D eigenvalue weighted by Crippen LogP contribution is -2.14. The van der Waals surface area contributed by atoms with Crippen molar-refractivity contribution < 1.29 is 9.90 Å². The van der Waals surface area contributed by atoms with Crippen LogP contribution in [0, 0.1) is 0 Å². The highest BCUT2D eigenvalue weighted by molar-refractivity contribution is 8.00. The van der Waals surface area contributed by atoms with Crippen molar-refractivity contribution in [3.8, 4) is 0 Å². The highest BCUT2D eigenvalue weighted by atomic mass is 32.2. The SMILES string of the molecule is O=C1C[C@@H](O)[C@@H](Sc2ccc3ccccc3c2)C1. The van der Waals surface area contributed by atoms with Gasteiger partial charge in [-0.05, 0) is 22.9 Å². The Morgan fingerprint density at radius 2 is 1.83 bits per heavy atom. The molecule has 0 aromatic heterocycles. The molecule has 2 nitrogen and oxygen atoms in total. The first kappa shape index (κ1) is 11.8. The maximum atomic E-state index is 11.3. The van der Waals surface area contributed by atoms with Crippen LogP contribution >= 0.6 is 11.8 Å². The fourth-order valence-corrected chi connectivity index (χ4v) is 3.56. The van der Waals surface area contributed by atoms with E-state index in [0.29, 0.717) is 12.8 Å². The lowest BCUT2D eigenvalue weighted by atomic mass is 10.1. The summed E-state index contributed by atoms with van der Waals surface area (Å²) in [6, 6.07) is 14.5. The summed E-state index contributed by atoms with van der Waals surface area (Å²) in [5.74, 6) is 0.167. The Morgan fingerprint density at radius 3 is 2.56 bits per heavy atom. The number of hydrogen-bond acceptors (Lipinski definition) is 3. The van der Waals surface area contributed by atoms with Gasteiger partial charge in [-0.1, -0.05) is 30.3 Å². The third-order valence-electron chi connectivity index (χ3n) is 3.30. The van der Waals surface area contributed by atoms with Crippen LogP contribution < -0.4 is 0 Å². The molecule has 1 fully saturated rings. The minimum atomic E-state index is -0.492. The van der Waals surface area contributed by atoms with Crippen LogP contribution in [0.5, 0.6) is 0 Å². The molecule has 0 amide bonds. The summed E-state index contributed by atoms with van der Waals surface area (Å²) in [5, 5.41) is 12.2. The number of ketones is 1. The van der Waals surface area contributed by atoms with Crippen LogP contribution in [0.15, 0.2) is 47.4 Å². The average molecular weight is 258 g/mol. The number of Topliss-reactive ketones (excluding diaryl/α,β-unsaturated/α-hetero) is 1. The lowest BCUT2D eigenvalue weighted by molar-refractivity contribution is -0.117. The molecule has 2 atom stereocenters. The topological polar surface area (TPSA) is 37.3 Å². The van der Waals surface area contributed by atoms with Gasteiger partial charge in [0.05, 0.1) is 6.10 Å². The maximum absolute atomic E-state index is 11.3. The van der Waals surface area contributed by atoms with Crippen molar-refractivity contribution in [2.24, 2.45) is 0 Å². The summed E-state index contributed by atoms with van der Waals surface area (Å²) in [4.78, 5) is 12.4. The molecule has 3 rings (SSSR count). The average Bonchev–Trinajstić information content (AvgIpc) is 2.68. The Balaban J connectivity index is 1.84. The monoisotopic (exact) mass is 258 g/mol. The van der Waals surface area contributed by atoms with E-state index in [1.54, 1.807) is 11.8 Å². The van der Waals surface area contributed by atoms with Crippen LogP contribution in [-0.4, -0.2) is 22.2 Å². The van der Waals surface area contributed by atoms with Gasteiger partial charge in [-0.25, -0.2) is 0 Å². The molecule has 92 valence electrons. The Labute approximate surface area is 110 Å². The highest BCUT2D eigenvalue weighted by Crippen LogP contribution is 2.34. The van der Waals surface area contributed by atoms with Gasteiger partial charge in [0, 0.05) is 23.0 Å². The molecule has 0 heterocycles. The van der Waals surface area contributed by atoms with Gasteiger partial charge in [0.1, 0.15) is 5.78 Å². The minimum absolute atomic E-state index is 0.0127. The van der Waals surface area contributed by atoms with E-state index >= 15 is 0 Å². The van der Waals surface area contributed by atoms with Crippen molar-refractivity contribution in [1.82, 2.24) is 0 Å². The van der Waals surface area contributed by atoms with Gasteiger partial charge in [-0.3, -0.25) is 4.79 Å². The molecule has 2 aromatic rings. The lowest BCUT2D eigenvalue weighted by Gasteiger charge is -2.13. The van der Waals surface area contributed by atoms with E-state index in [1.807, 2.05) is 12.1 Å². The molecule has 0 aliphatic heterocycles. The van der Waals surface area contributed by atoms with Crippen LogP contribution in [0.3, 0.4) is 0 Å². The van der Waals surface area contributed by atoms with Gasteiger partial charge in [0.25, 0.3) is 0 Å². The van der Waals surface area contributed by atoms with Gasteiger partial charge in [0.2, 0.25) is 0 Å².